The number of carbonyl (C=O) groups is 1. The average Bonchev–Trinajstić information content (AvgIpc) is 3.19. The molecule has 2 atom stereocenters. The molecular weight excluding hydrogens is 758 g/mol. The van der Waals surface area contributed by atoms with Crippen LogP contribution in [0.5, 0.6) is 0 Å². The van der Waals surface area contributed by atoms with Crippen molar-refractivity contribution in [3.8, 4) is 0 Å². The highest BCUT2D eigenvalue weighted by Crippen LogP contribution is 2.38. The van der Waals surface area contributed by atoms with Crippen LogP contribution in [0.3, 0.4) is 0 Å². The molecule has 0 saturated heterocycles. The van der Waals surface area contributed by atoms with Gasteiger partial charge in [-0.15, -0.1) is 0 Å². The molecule has 0 spiro atoms. The number of nitrogens with zero attached hydrogens (tertiary/aromatic N) is 1. The lowest BCUT2D eigenvalue weighted by atomic mass is 10.0. The van der Waals surface area contributed by atoms with Crippen LogP contribution in [-0.4, -0.2) is 70.7 Å². The van der Waals surface area contributed by atoms with Gasteiger partial charge in [-0.2, -0.15) is 0 Å². The Balaban J connectivity index is 4.15. The van der Waals surface area contributed by atoms with E-state index in [1.54, 1.807) is 0 Å². The van der Waals surface area contributed by atoms with Crippen LogP contribution in [0, 0.1) is 0 Å². The summed E-state index contributed by atoms with van der Waals surface area (Å²) in [5, 5.41) is 0. The smallest absolute Gasteiger partial charge is 0.306 e. The molecule has 0 saturated carbocycles. The van der Waals surface area contributed by atoms with Crippen LogP contribution in [0.4, 0.5) is 0 Å². The maximum Gasteiger partial charge on any atom is 0.306 e. The first-order chi connectivity index (χ1) is 28.6. The molecule has 0 aliphatic carbocycles. The van der Waals surface area contributed by atoms with E-state index in [0.29, 0.717) is 24.1 Å². The second-order valence-corrected chi connectivity index (χ2v) is 18.5. The van der Waals surface area contributed by atoms with E-state index in [9.17, 15) is 14.3 Å². The lowest BCUT2D eigenvalue weighted by Gasteiger charge is -2.28. The Morgan fingerprint density at radius 3 is 1.47 bits per heavy atom. The lowest BCUT2D eigenvalue weighted by molar-refractivity contribution is -0.870. The summed E-state index contributed by atoms with van der Waals surface area (Å²) in [7, 11) is 1.35. The van der Waals surface area contributed by atoms with Gasteiger partial charge in [0.15, 0.2) is 0 Å². The summed E-state index contributed by atoms with van der Waals surface area (Å²) in [5.41, 5.74) is 0. The molecule has 0 aromatic heterocycles. The van der Waals surface area contributed by atoms with Crippen molar-refractivity contribution in [1.29, 1.82) is 0 Å². The van der Waals surface area contributed by atoms with Crippen molar-refractivity contribution in [2.45, 2.75) is 200 Å². The molecule has 0 rings (SSSR count). The van der Waals surface area contributed by atoms with Gasteiger partial charge in [0.05, 0.1) is 34.4 Å². The van der Waals surface area contributed by atoms with Crippen molar-refractivity contribution in [3.63, 3.8) is 0 Å². The fourth-order valence-electron chi connectivity index (χ4n) is 6.40. The highest BCUT2D eigenvalue weighted by atomic mass is 31.2. The van der Waals surface area contributed by atoms with Crippen LogP contribution >= 0.6 is 7.82 Å². The van der Waals surface area contributed by atoms with Gasteiger partial charge in [-0.3, -0.25) is 9.36 Å². The summed E-state index contributed by atoms with van der Waals surface area (Å²) in [6.07, 6.45) is 53.8. The number of allylic oxidation sites excluding steroid dienone is 10. The molecule has 8 nitrogen and oxygen atoms in total. The lowest BCUT2D eigenvalue weighted by Crippen LogP contribution is -2.37. The normalized spacial score (nSPS) is 14.2. The Labute approximate surface area is 364 Å². The number of likely N-dealkylation sites (N-methyl/N-ethyl adjacent to an activating group) is 1. The number of hydrogen-bond donors (Lipinski definition) is 0. The number of ether oxygens (including phenoxy) is 2. The Hall–Kier alpha value is -1.80. The van der Waals surface area contributed by atoms with E-state index < -0.39 is 13.9 Å². The Kier molecular flexibility index (Phi) is 41.6. The van der Waals surface area contributed by atoms with Gasteiger partial charge >= 0.3 is 5.97 Å². The fourth-order valence-corrected chi connectivity index (χ4v) is 7.13. The third kappa shape index (κ3) is 47.1. The molecule has 0 heterocycles. The minimum Gasteiger partial charge on any atom is -0.756 e. The Bertz CT molecular complexity index is 1130. The summed E-state index contributed by atoms with van der Waals surface area (Å²) in [6, 6.07) is 0. The molecule has 0 bridgehead atoms. The van der Waals surface area contributed by atoms with Crippen molar-refractivity contribution < 1.29 is 37.3 Å². The first-order valence-corrected chi connectivity index (χ1v) is 25.5. The molecule has 0 aliphatic rings. The van der Waals surface area contributed by atoms with Crippen molar-refractivity contribution in [2.75, 3.05) is 54.1 Å². The van der Waals surface area contributed by atoms with E-state index in [4.69, 9.17) is 18.5 Å². The van der Waals surface area contributed by atoms with Gasteiger partial charge in [-0.05, 0) is 57.8 Å². The van der Waals surface area contributed by atoms with E-state index in [0.717, 1.165) is 70.6 Å². The minimum absolute atomic E-state index is 0.0232. The van der Waals surface area contributed by atoms with Gasteiger partial charge in [0.2, 0.25) is 0 Å². The number of phosphoric ester groups is 1. The molecule has 59 heavy (non-hydrogen) atoms. The number of esters is 1. The number of quaternary nitrogens is 1. The van der Waals surface area contributed by atoms with Crippen LogP contribution in [0.2, 0.25) is 0 Å². The zero-order valence-electron chi connectivity index (χ0n) is 38.9. The van der Waals surface area contributed by atoms with E-state index in [-0.39, 0.29) is 25.8 Å². The van der Waals surface area contributed by atoms with Gasteiger partial charge in [0, 0.05) is 13.0 Å². The molecule has 0 fully saturated rings. The van der Waals surface area contributed by atoms with Gasteiger partial charge < -0.3 is 27.9 Å². The van der Waals surface area contributed by atoms with Crippen LogP contribution in [-0.2, 0) is 27.9 Å². The fraction of sp³-hybridized carbons (Fsp3) is 0.780. The molecule has 0 aromatic carbocycles. The molecule has 0 aliphatic heterocycles. The van der Waals surface area contributed by atoms with Crippen LogP contribution in [0.25, 0.3) is 0 Å². The van der Waals surface area contributed by atoms with Crippen LogP contribution in [0.1, 0.15) is 194 Å². The van der Waals surface area contributed by atoms with Gasteiger partial charge in [0.25, 0.3) is 7.82 Å². The number of carbonyl (C=O) groups excluding carboxylic acids is 1. The Morgan fingerprint density at radius 2 is 0.983 bits per heavy atom. The van der Waals surface area contributed by atoms with Gasteiger partial charge in [-0.1, -0.05) is 190 Å². The van der Waals surface area contributed by atoms with Crippen molar-refractivity contribution >= 4 is 13.8 Å². The first kappa shape index (κ1) is 57.2. The largest absolute Gasteiger partial charge is 0.756 e. The SMILES string of the molecule is CC/C=C\C/C=C\C/C=C\C/C=C\C/C=C\CCCCCCCCCCOCC(COP(=O)([O-])OCC[N+](C)(C)C)OC(=O)CCCCCCCCCCCCCCC. The third-order valence-electron chi connectivity index (χ3n) is 10.1. The highest BCUT2D eigenvalue weighted by molar-refractivity contribution is 7.45. The van der Waals surface area contributed by atoms with Crippen molar-refractivity contribution in [3.05, 3.63) is 60.8 Å². The summed E-state index contributed by atoms with van der Waals surface area (Å²) in [5.74, 6) is -0.338. The van der Waals surface area contributed by atoms with Crippen molar-refractivity contribution in [1.82, 2.24) is 0 Å². The topological polar surface area (TPSA) is 94.1 Å². The molecule has 0 N–H and O–H groups in total. The maximum atomic E-state index is 12.7. The zero-order valence-corrected chi connectivity index (χ0v) is 39.8. The number of phosphoric acid groups is 1. The van der Waals surface area contributed by atoms with Gasteiger partial charge in [0.1, 0.15) is 19.3 Å². The van der Waals surface area contributed by atoms with Crippen LogP contribution < -0.4 is 4.89 Å². The molecule has 0 amide bonds. The van der Waals surface area contributed by atoms with Gasteiger partial charge in [-0.25, -0.2) is 0 Å². The van der Waals surface area contributed by atoms with E-state index in [1.807, 2.05) is 21.1 Å². The van der Waals surface area contributed by atoms with Crippen LogP contribution in [0.15, 0.2) is 60.8 Å². The molecule has 344 valence electrons. The van der Waals surface area contributed by atoms with E-state index in [1.165, 1.54) is 103 Å². The second kappa shape index (κ2) is 42.9. The third-order valence-corrected chi connectivity index (χ3v) is 11.0. The predicted octanol–water partition coefficient (Wildman–Crippen LogP) is 13.9. The zero-order chi connectivity index (χ0) is 43.4. The number of rotatable bonds is 44. The minimum atomic E-state index is -4.53. The molecule has 2 unspecified atom stereocenters. The summed E-state index contributed by atoms with van der Waals surface area (Å²) >= 11 is 0. The monoisotopic (exact) mass is 850 g/mol. The van der Waals surface area contributed by atoms with Crippen molar-refractivity contribution in [2.24, 2.45) is 0 Å². The summed E-state index contributed by atoms with van der Waals surface area (Å²) < 4.78 is 34.7. The average molecular weight is 850 g/mol. The highest BCUT2D eigenvalue weighted by Gasteiger charge is 2.20. The quantitative estimate of drug-likeness (QED) is 0.0198. The summed E-state index contributed by atoms with van der Waals surface area (Å²) in [6.45, 7) is 5.28. The second-order valence-electron chi connectivity index (χ2n) is 17.1. The summed E-state index contributed by atoms with van der Waals surface area (Å²) in [4.78, 5) is 25.1. The molecular formula is C50H92NO7P. The standard InChI is InChI=1S/C50H92NO7P/c1-6-8-10-12-14-16-18-20-21-22-23-24-25-26-27-28-29-30-32-34-36-38-40-42-45-55-47-49(48-57-59(53,54)56-46-44-51(3,4)5)58-50(52)43-41-39-37-35-33-31-19-17-15-13-11-9-7-2/h8,10,14,16,20-21,23-24,26-27,49H,6-7,9,11-13,15,17-19,22,25,28-48H2,1-5H3/b10-8-,16-14-,21-20-,24-23-,27-26-. The first-order valence-electron chi connectivity index (χ1n) is 24.0. The number of unbranched alkanes of at least 4 members (excludes halogenated alkanes) is 20. The predicted molar refractivity (Wildman–Crippen MR) is 249 cm³/mol. The molecule has 0 radical (unpaired) electrons. The number of hydrogen-bond acceptors (Lipinski definition) is 7. The maximum absolute atomic E-state index is 12.7. The van der Waals surface area contributed by atoms with E-state index >= 15 is 0 Å². The Morgan fingerprint density at radius 1 is 0.542 bits per heavy atom. The molecule has 0 aromatic rings. The van der Waals surface area contributed by atoms with E-state index in [2.05, 4.69) is 74.6 Å². The molecule has 9 heteroatoms.